The lowest BCUT2D eigenvalue weighted by Gasteiger charge is -2.29. The van der Waals surface area contributed by atoms with Gasteiger partial charge in [-0.1, -0.05) is 6.92 Å². The molecule has 0 aliphatic heterocycles. The maximum atomic E-state index is 13.0. The smallest absolute Gasteiger partial charge is 0.326 e. The van der Waals surface area contributed by atoms with Crippen molar-refractivity contribution in [1.29, 1.82) is 0 Å². The molecule has 0 heterocycles. The highest BCUT2D eigenvalue weighted by atomic mass is 32.2. The van der Waals surface area contributed by atoms with E-state index in [1.54, 1.807) is 20.8 Å². The maximum absolute atomic E-state index is 13.0. The second-order valence-electron chi connectivity index (χ2n) is 7.47. The van der Waals surface area contributed by atoms with Gasteiger partial charge in [0.15, 0.2) is 0 Å². The number of hydrogen-bond acceptors (Lipinski definition) is 3. The van der Waals surface area contributed by atoms with Crippen molar-refractivity contribution in [3.63, 3.8) is 0 Å². The standard InChI is InChI=1S/C19H27F3N2O3S/c1-4-13-11-16(9-10-17(13)19(20,21)22)23-18(25)14-5-7-15(8-6-14)24-28(26,27)12(2)3/h9-12,14-15,24H,4-8H2,1-3H3,(H,23,25)/t14-,15-. The highest BCUT2D eigenvalue weighted by molar-refractivity contribution is 7.90. The molecule has 1 amide bonds. The van der Waals surface area contributed by atoms with Crippen molar-refractivity contribution in [3.8, 4) is 0 Å². The molecule has 1 saturated carbocycles. The summed E-state index contributed by atoms with van der Waals surface area (Å²) in [6, 6.07) is 3.44. The Hall–Kier alpha value is -1.61. The van der Waals surface area contributed by atoms with Gasteiger partial charge in [-0.05, 0) is 69.7 Å². The average molecular weight is 420 g/mol. The molecular weight excluding hydrogens is 393 g/mol. The minimum Gasteiger partial charge on any atom is -0.326 e. The van der Waals surface area contributed by atoms with Crippen LogP contribution >= 0.6 is 0 Å². The van der Waals surface area contributed by atoms with Crippen LogP contribution in [-0.4, -0.2) is 25.6 Å². The number of amides is 1. The molecule has 1 aromatic rings. The number of aryl methyl sites for hydroxylation is 1. The van der Waals surface area contributed by atoms with Crippen LogP contribution < -0.4 is 10.0 Å². The predicted molar refractivity (Wildman–Crippen MR) is 102 cm³/mol. The fourth-order valence-corrected chi connectivity index (χ4v) is 4.30. The second-order valence-corrected chi connectivity index (χ2v) is 9.74. The van der Waals surface area contributed by atoms with Gasteiger partial charge in [-0.3, -0.25) is 4.79 Å². The minimum absolute atomic E-state index is 0.136. The first-order valence-corrected chi connectivity index (χ1v) is 11.0. The Kier molecular flexibility index (Phi) is 7.14. The molecule has 0 atom stereocenters. The molecule has 158 valence electrons. The zero-order chi connectivity index (χ0) is 21.1. The number of hydrogen-bond donors (Lipinski definition) is 2. The number of anilines is 1. The number of carbonyl (C=O) groups excluding carboxylic acids is 1. The van der Waals surface area contributed by atoms with Crippen LogP contribution in [0.2, 0.25) is 0 Å². The van der Waals surface area contributed by atoms with Crippen LogP contribution in [0, 0.1) is 5.92 Å². The minimum atomic E-state index is -4.42. The number of alkyl halides is 3. The summed E-state index contributed by atoms with van der Waals surface area (Å²) >= 11 is 0. The average Bonchev–Trinajstić information content (AvgIpc) is 2.60. The number of carbonyl (C=O) groups is 1. The van der Waals surface area contributed by atoms with Gasteiger partial charge < -0.3 is 5.32 Å². The van der Waals surface area contributed by atoms with Crippen molar-refractivity contribution < 1.29 is 26.4 Å². The Bertz CT molecular complexity index is 799. The van der Waals surface area contributed by atoms with Gasteiger partial charge in [-0.15, -0.1) is 0 Å². The summed E-state index contributed by atoms with van der Waals surface area (Å²) in [5.41, 5.74) is -0.208. The molecule has 2 rings (SSSR count). The van der Waals surface area contributed by atoms with Gasteiger partial charge in [0.1, 0.15) is 0 Å². The summed E-state index contributed by atoms with van der Waals surface area (Å²) < 4.78 is 65.5. The molecule has 0 radical (unpaired) electrons. The summed E-state index contributed by atoms with van der Waals surface area (Å²) in [5, 5.41) is 2.19. The summed E-state index contributed by atoms with van der Waals surface area (Å²) in [6.07, 6.45) is -2.06. The van der Waals surface area contributed by atoms with Gasteiger partial charge in [-0.25, -0.2) is 13.1 Å². The fourth-order valence-electron chi connectivity index (χ4n) is 3.33. The molecule has 5 nitrogen and oxygen atoms in total. The second kappa shape index (κ2) is 8.82. The van der Waals surface area contributed by atoms with Crippen LogP contribution in [0.1, 0.15) is 57.6 Å². The van der Waals surface area contributed by atoms with Crippen LogP contribution in [0.4, 0.5) is 18.9 Å². The zero-order valence-corrected chi connectivity index (χ0v) is 17.1. The Morgan fingerprint density at radius 3 is 2.29 bits per heavy atom. The largest absolute Gasteiger partial charge is 0.416 e. The highest BCUT2D eigenvalue weighted by Gasteiger charge is 2.33. The van der Waals surface area contributed by atoms with Gasteiger partial charge in [0.05, 0.1) is 10.8 Å². The molecular formula is C19H27F3N2O3S. The van der Waals surface area contributed by atoms with E-state index in [4.69, 9.17) is 0 Å². The predicted octanol–water partition coefficient (Wildman–Crippen LogP) is 4.09. The van der Waals surface area contributed by atoms with Gasteiger partial charge >= 0.3 is 6.18 Å². The molecule has 0 saturated heterocycles. The van der Waals surface area contributed by atoms with Crippen molar-refractivity contribution in [2.45, 2.75) is 70.3 Å². The number of nitrogens with one attached hydrogen (secondary N) is 2. The van der Waals surface area contributed by atoms with E-state index in [0.29, 0.717) is 31.4 Å². The van der Waals surface area contributed by atoms with E-state index < -0.39 is 27.0 Å². The Balaban J connectivity index is 1.96. The monoisotopic (exact) mass is 420 g/mol. The lowest BCUT2D eigenvalue weighted by molar-refractivity contribution is -0.138. The van der Waals surface area contributed by atoms with E-state index in [9.17, 15) is 26.4 Å². The molecule has 0 aromatic heterocycles. The van der Waals surface area contributed by atoms with Gasteiger partial charge in [-0.2, -0.15) is 13.2 Å². The van der Waals surface area contributed by atoms with Crippen LogP contribution in [-0.2, 0) is 27.4 Å². The van der Waals surface area contributed by atoms with E-state index in [1.807, 2.05) is 0 Å². The van der Waals surface area contributed by atoms with Gasteiger partial charge in [0, 0.05) is 17.6 Å². The summed E-state index contributed by atoms with van der Waals surface area (Å²) in [4.78, 5) is 12.5. The number of sulfonamides is 1. The maximum Gasteiger partial charge on any atom is 0.416 e. The zero-order valence-electron chi connectivity index (χ0n) is 16.3. The van der Waals surface area contributed by atoms with E-state index in [1.165, 1.54) is 12.1 Å². The molecule has 1 aliphatic rings. The topological polar surface area (TPSA) is 75.3 Å². The Labute approximate surface area is 164 Å². The quantitative estimate of drug-likeness (QED) is 0.728. The molecule has 28 heavy (non-hydrogen) atoms. The molecule has 0 spiro atoms. The third kappa shape index (κ3) is 5.70. The van der Waals surface area contributed by atoms with Crippen molar-refractivity contribution in [2.75, 3.05) is 5.32 Å². The van der Waals surface area contributed by atoms with E-state index in [0.717, 1.165) is 6.07 Å². The van der Waals surface area contributed by atoms with Crippen molar-refractivity contribution >= 4 is 21.6 Å². The molecule has 0 bridgehead atoms. The molecule has 9 heteroatoms. The normalized spacial score (nSPS) is 21.0. The van der Waals surface area contributed by atoms with Gasteiger partial charge in [0.25, 0.3) is 0 Å². The van der Waals surface area contributed by atoms with Crippen LogP contribution in [0.25, 0.3) is 0 Å². The lowest BCUT2D eigenvalue weighted by Crippen LogP contribution is -2.42. The van der Waals surface area contributed by atoms with Crippen LogP contribution in [0.5, 0.6) is 0 Å². The molecule has 2 N–H and O–H groups in total. The van der Waals surface area contributed by atoms with Crippen LogP contribution in [0.15, 0.2) is 18.2 Å². The van der Waals surface area contributed by atoms with Crippen LogP contribution in [0.3, 0.4) is 0 Å². The lowest BCUT2D eigenvalue weighted by atomic mass is 9.86. The first-order chi connectivity index (χ1) is 12.9. The number of halogens is 3. The fraction of sp³-hybridized carbons (Fsp3) is 0.632. The summed E-state index contributed by atoms with van der Waals surface area (Å²) in [7, 11) is -3.35. The van der Waals surface area contributed by atoms with E-state index in [2.05, 4.69) is 10.0 Å². The third-order valence-electron chi connectivity index (χ3n) is 5.11. The first kappa shape index (κ1) is 22.7. The third-order valence-corrected chi connectivity index (χ3v) is 7.01. The SMILES string of the molecule is CCc1cc(NC(=O)[C@H]2CC[C@H](NS(=O)(=O)C(C)C)CC2)ccc1C(F)(F)F. The molecule has 1 aromatic carbocycles. The molecule has 0 unspecified atom stereocenters. The molecule has 1 aliphatic carbocycles. The highest BCUT2D eigenvalue weighted by Crippen LogP contribution is 2.34. The van der Waals surface area contributed by atoms with E-state index >= 15 is 0 Å². The van der Waals surface area contributed by atoms with Crippen molar-refractivity contribution in [3.05, 3.63) is 29.3 Å². The van der Waals surface area contributed by atoms with Crippen molar-refractivity contribution in [1.82, 2.24) is 4.72 Å². The summed E-state index contributed by atoms with van der Waals surface area (Å²) in [6.45, 7) is 4.85. The van der Waals surface area contributed by atoms with Crippen molar-refractivity contribution in [2.24, 2.45) is 5.92 Å². The number of benzene rings is 1. The Morgan fingerprint density at radius 1 is 1.18 bits per heavy atom. The number of rotatable bonds is 6. The summed E-state index contributed by atoms with van der Waals surface area (Å²) in [5.74, 6) is -0.529. The molecule has 1 fully saturated rings. The first-order valence-electron chi connectivity index (χ1n) is 9.46. The van der Waals surface area contributed by atoms with Gasteiger partial charge in [0.2, 0.25) is 15.9 Å². The van der Waals surface area contributed by atoms with E-state index in [-0.39, 0.29) is 29.9 Å². The Morgan fingerprint density at radius 2 is 1.79 bits per heavy atom.